The second-order valence-electron chi connectivity index (χ2n) is 5.24. The number of aliphatic hydroxyl groups excluding tert-OH is 1. The van der Waals surface area contributed by atoms with Gasteiger partial charge in [0, 0.05) is 11.7 Å². The average molecular weight is 306 g/mol. The minimum atomic E-state index is -0.0950. The predicted octanol–water partition coefficient (Wildman–Crippen LogP) is 1.27. The van der Waals surface area contributed by atoms with Crippen molar-refractivity contribution in [3.63, 3.8) is 0 Å². The van der Waals surface area contributed by atoms with Crippen molar-refractivity contribution in [2.45, 2.75) is 18.9 Å². The van der Waals surface area contributed by atoms with Gasteiger partial charge in [-0.05, 0) is 37.6 Å². The van der Waals surface area contributed by atoms with Crippen LogP contribution in [0, 0.1) is 0 Å². The van der Waals surface area contributed by atoms with Crippen LogP contribution in [0.1, 0.15) is 12.8 Å². The molecule has 2 aromatic rings. The van der Waals surface area contributed by atoms with Crippen LogP contribution >= 0.6 is 11.3 Å². The smallest absolute Gasteiger partial charge is 0.240 e. The van der Waals surface area contributed by atoms with Crippen LogP contribution in [0.15, 0.2) is 18.2 Å². The van der Waals surface area contributed by atoms with Gasteiger partial charge in [-0.1, -0.05) is 11.3 Å². The quantitative estimate of drug-likeness (QED) is 0.740. The Morgan fingerprint density at radius 3 is 3.24 bits per heavy atom. The van der Waals surface area contributed by atoms with Gasteiger partial charge in [0.2, 0.25) is 5.91 Å². The third kappa shape index (κ3) is 3.15. The summed E-state index contributed by atoms with van der Waals surface area (Å²) in [6.45, 7) is 1.26. The lowest BCUT2D eigenvalue weighted by Crippen LogP contribution is -2.38. The molecule has 1 amide bonds. The summed E-state index contributed by atoms with van der Waals surface area (Å²) in [7, 11) is 0. The molecule has 2 heterocycles. The van der Waals surface area contributed by atoms with E-state index in [9.17, 15) is 9.90 Å². The average Bonchev–Trinajstić information content (AvgIpc) is 3.03. The number of hydrogen-bond acceptors (Lipinski definition) is 6. The van der Waals surface area contributed by atoms with E-state index in [0.717, 1.165) is 29.6 Å². The highest BCUT2D eigenvalue weighted by atomic mass is 32.1. The summed E-state index contributed by atoms with van der Waals surface area (Å²) in [6, 6.07) is 5.60. The minimum Gasteiger partial charge on any atom is -0.399 e. The van der Waals surface area contributed by atoms with Crippen LogP contribution in [0.2, 0.25) is 0 Å². The number of rotatable bonds is 4. The molecule has 1 aliphatic heterocycles. The van der Waals surface area contributed by atoms with Gasteiger partial charge in [0.05, 0.1) is 23.4 Å². The third-order valence-electron chi connectivity index (χ3n) is 3.72. The number of nitrogens with one attached hydrogen (secondary N) is 1. The Morgan fingerprint density at radius 2 is 2.43 bits per heavy atom. The topological polar surface area (TPSA) is 91.5 Å². The van der Waals surface area contributed by atoms with Crippen LogP contribution in [0.3, 0.4) is 0 Å². The normalized spacial score (nSPS) is 19.2. The van der Waals surface area contributed by atoms with Crippen LogP contribution in [-0.4, -0.2) is 46.6 Å². The van der Waals surface area contributed by atoms with Gasteiger partial charge in [-0.3, -0.25) is 9.69 Å². The zero-order valence-electron chi connectivity index (χ0n) is 11.6. The summed E-state index contributed by atoms with van der Waals surface area (Å²) in [5, 5.41) is 12.7. The number of nitrogen functional groups attached to an aromatic ring is 1. The van der Waals surface area contributed by atoms with Crippen molar-refractivity contribution in [3.8, 4) is 0 Å². The summed E-state index contributed by atoms with van der Waals surface area (Å²) >= 11 is 1.41. The van der Waals surface area contributed by atoms with Crippen molar-refractivity contribution in [3.05, 3.63) is 18.2 Å². The molecule has 0 bridgehead atoms. The van der Waals surface area contributed by atoms with Crippen molar-refractivity contribution in [1.29, 1.82) is 0 Å². The highest BCUT2D eigenvalue weighted by molar-refractivity contribution is 7.22. The number of aliphatic hydroxyl groups is 1. The largest absolute Gasteiger partial charge is 0.399 e. The van der Waals surface area contributed by atoms with Gasteiger partial charge in [0.25, 0.3) is 0 Å². The molecular weight excluding hydrogens is 288 g/mol. The fourth-order valence-electron chi connectivity index (χ4n) is 2.65. The number of fused-ring (bicyclic) bond motifs is 1. The van der Waals surface area contributed by atoms with Gasteiger partial charge < -0.3 is 16.2 Å². The summed E-state index contributed by atoms with van der Waals surface area (Å²) in [4.78, 5) is 18.5. The Hall–Kier alpha value is -1.70. The first kappa shape index (κ1) is 14.2. The molecule has 21 heavy (non-hydrogen) atoms. The molecular formula is C14H18N4O2S. The molecule has 1 saturated heterocycles. The monoisotopic (exact) mass is 306 g/mol. The fourth-order valence-corrected chi connectivity index (χ4v) is 3.58. The fraction of sp³-hybridized carbons (Fsp3) is 0.429. The number of benzene rings is 1. The first-order valence-corrected chi connectivity index (χ1v) is 7.78. The molecule has 1 fully saturated rings. The number of thiazole rings is 1. The Balaban J connectivity index is 1.65. The summed E-state index contributed by atoms with van der Waals surface area (Å²) in [5.74, 6) is -0.0950. The van der Waals surface area contributed by atoms with E-state index in [2.05, 4.69) is 10.3 Å². The summed E-state index contributed by atoms with van der Waals surface area (Å²) < 4.78 is 0.958. The number of carbonyl (C=O) groups excluding carboxylic acids is 1. The van der Waals surface area contributed by atoms with Gasteiger partial charge in [0.15, 0.2) is 5.13 Å². The first-order chi connectivity index (χ1) is 10.2. The number of hydrogen-bond donors (Lipinski definition) is 3. The van der Waals surface area contributed by atoms with Crippen molar-refractivity contribution in [1.82, 2.24) is 9.88 Å². The number of nitrogens with two attached hydrogens (primary N) is 1. The molecule has 0 radical (unpaired) electrons. The molecule has 7 heteroatoms. The van der Waals surface area contributed by atoms with Crippen molar-refractivity contribution in [2.24, 2.45) is 0 Å². The maximum atomic E-state index is 12.1. The van der Waals surface area contributed by atoms with E-state index in [1.54, 1.807) is 6.07 Å². The van der Waals surface area contributed by atoms with Crippen molar-refractivity contribution in [2.75, 3.05) is 30.7 Å². The molecule has 6 nitrogen and oxygen atoms in total. The second-order valence-corrected chi connectivity index (χ2v) is 6.27. The van der Waals surface area contributed by atoms with Crippen LogP contribution in [-0.2, 0) is 4.79 Å². The van der Waals surface area contributed by atoms with E-state index in [-0.39, 0.29) is 18.6 Å². The second kappa shape index (κ2) is 5.97. The molecule has 1 aromatic carbocycles. The molecule has 1 atom stereocenters. The lowest BCUT2D eigenvalue weighted by molar-refractivity contribution is -0.117. The lowest BCUT2D eigenvalue weighted by atomic mass is 10.2. The summed E-state index contributed by atoms with van der Waals surface area (Å²) in [6.07, 6.45) is 1.98. The van der Waals surface area contributed by atoms with E-state index in [0.29, 0.717) is 17.4 Å². The maximum absolute atomic E-state index is 12.1. The minimum absolute atomic E-state index is 0.0950. The number of anilines is 2. The molecule has 112 valence electrons. The van der Waals surface area contributed by atoms with Crippen LogP contribution in [0.5, 0.6) is 0 Å². The number of aromatic nitrogens is 1. The SMILES string of the molecule is Nc1ccc2nc(NC(=O)CN3CCCC3CO)sc2c1. The molecule has 1 unspecified atom stereocenters. The Kier molecular flexibility index (Phi) is 4.05. The standard InChI is InChI=1S/C14H18N4O2S/c15-9-3-4-11-12(6-9)21-14(16-11)17-13(20)7-18-5-1-2-10(18)8-19/h3-4,6,10,19H,1-2,5,7-8,15H2,(H,16,17,20). The number of nitrogens with zero attached hydrogens (tertiary/aromatic N) is 2. The molecule has 1 aromatic heterocycles. The zero-order chi connectivity index (χ0) is 14.8. The number of likely N-dealkylation sites (tertiary alicyclic amines) is 1. The Bertz CT molecular complexity index is 657. The van der Waals surface area contributed by atoms with E-state index < -0.39 is 0 Å². The van der Waals surface area contributed by atoms with Gasteiger partial charge in [-0.2, -0.15) is 0 Å². The molecule has 0 saturated carbocycles. The molecule has 0 spiro atoms. The van der Waals surface area contributed by atoms with Gasteiger partial charge >= 0.3 is 0 Å². The van der Waals surface area contributed by atoms with E-state index >= 15 is 0 Å². The molecule has 3 rings (SSSR count). The van der Waals surface area contributed by atoms with Gasteiger partial charge in [0.1, 0.15) is 0 Å². The number of carbonyl (C=O) groups is 1. The molecule has 4 N–H and O–H groups in total. The van der Waals surface area contributed by atoms with E-state index in [4.69, 9.17) is 5.73 Å². The van der Waals surface area contributed by atoms with Gasteiger partial charge in [-0.25, -0.2) is 4.98 Å². The van der Waals surface area contributed by atoms with Crippen LogP contribution in [0.25, 0.3) is 10.2 Å². The van der Waals surface area contributed by atoms with E-state index in [1.165, 1.54) is 11.3 Å². The zero-order valence-corrected chi connectivity index (χ0v) is 12.4. The van der Waals surface area contributed by atoms with Crippen LogP contribution in [0.4, 0.5) is 10.8 Å². The molecule has 1 aliphatic rings. The third-order valence-corrected chi connectivity index (χ3v) is 4.65. The highest BCUT2D eigenvalue weighted by Crippen LogP contribution is 2.27. The molecule has 0 aliphatic carbocycles. The van der Waals surface area contributed by atoms with E-state index in [1.807, 2.05) is 17.0 Å². The highest BCUT2D eigenvalue weighted by Gasteiger charge is 2.25. The van der Waals surface area contributed by atoms with Crippen molar-refractivity contribution >= 4 is 38.3 Å². The van der Waals surface area contributed by atoms with Gasteiger partial charge in [-0.15, -0.1) is 0 Å². The summed E-state index contributed by atoms with van der Waals surface area (Å²) in [5.41, 5.74) is 7.25. The van der Waals surface area contributed by atoms with Crippen LogP contribution < -0.4 is 11.1 Å². The number of amides is 1. The Labute approximate surface area is 126 Å². The predicted molar refractivity (Wildman–Crippen MR) is 84.3 cm³/mol. The first-order valence-electron chi connectivity index (χ1n) is 6.96. The van der Waals surface area contributed by atoms with Crippen molar-refractivity contribution < 1.29 is 9.90 Å². The maximum Gasteiger partial charge on any atom is 0.240 e. The Morgan fingerprint density at radius 1 is 1.57 bits per heavy atom. The lowest BCUT2D eigenvalue weighted by Gasteiger charge is -2.21.